The van der Waals surface area contributed by atoms with Crippen LogP contribution in [-0.2, 0) is 9.13 Å². The molecule has 0 aliphatic rings. The average Bonchev–Trinajstić information content (AvgIpc) is 2.15. The monoisotopic (exact) mass is 282 g/mol. The first-order chi connectivity index (χ1) is 7.71. The van der Waals surface area contributed by atoms with Crippen LogP contribution in [0.3, 0.4) is 0 Å². The van der Waals surface area contributed by atoms with Gasteiger partial charge in [0.05, 0.1) is 0 Å². The van der Waals surface area contributed by atoms with Crippen molar-refractivity contribution in [3.8, 4) is 5.75 Å². The van der Waals surface area contributed by atoms with Crippen molar-refractivity contribution < 1.29 is 33.4 Å². The van der Waals surface area contributed by atoms with E-state index in [0.29, 0.717) is 0 Å². The van der Waals surface area contributed by atoms with E-state index in [1.54, 1.807) is 18.2 Å². The van der Waals surface area contributed by atoms with Crippen molar-refractivity contribution in [1.29, 1.82) is 0 Å². The van der Waals surface area contributed by atoms with E-state index >= 15 is 0 Å². The summed E-state index contributed by atoms with van der Waals surface area (Å²) in [6.45, 7) is -0.751. The molecule has 0 heterocycles. The van der Waals surface area contributed by atoms with Gasteiger partial charge in [-0.2, -0.15) is 0 Å². The topological polar surface area (TPSA) is 124 Å². The van der Waals surface area contributed by atoms with E-state index in [0.717, 1.165) is 0 Å². The molecule has 0 aromatic heterocycles. The number of benzene rings is 1. The molecule has 0 saturated heterocycles. The normalized spacial score (nSPS) is 12.8. The Bertz CT molecular complexity index is 426. The Morgan fingerprint density at radius 3 is 1.88 bits per heavy atom. The van der Waals surface area contributed by atoms with E-state index in [1.807, 2.05) is 0 Å². The maximum absolute atomic E-state index is 10.9. The fraction of sp³-hybridized carbons (Fsp3) is 0.250. The standard InChI is InChI=1S/C8H12O7P2/c9-16(10,11)8(17(12,13)14)6-15-7-4-2-1-3-5-7/h1-5,8H,6H2,(H2,9,10,11)(H2,12,13,14). The third-order valence-corrected chi connectivity index (χ3v) is 5.57. The van der Waals surface area contributed by atoms with Gasteiger partial charge in [-0.1, -0.05) is 18.2 Å². The molecule has 0 bridgehead atoms. The molecule has 96 valence electrons. The van der Waals surface area contributed by atoms with Crippen LogP contribution in [0.2, 0.25) is 0 Å². The molecular formula is C8H12O7P2. The molecule has 9 heteroatoms. The largest absolute Gasteiger partial charge is 0.492 e. The van der Waals surface area contributed by atoms with Crippen molar-refractivity contribution in [2.45, 2.75) is 5.40 Å². The van der Waals surface area contributed by atoms with Crippen molar-refractivity contribution in [3.05, 3.63) is 30.3 Å². The zero-order chi connectivity index (χ0) is 13.1. The van der Waals surface area contributed by atoms with E-state index in [2.05, 4.69) is 0 Å². The van der Waals surface area contributed by atoms with Gasteiger partial charge in [-0.3, -0.25) is 9.13 Å². The Kier molecular flexibility index (Phi) is 4.49. The lowest BCUT2D eigenvalue weighted by Gasteiger charge is -2.19. The summed E-state index contributed by atoms with van der Waals surface area (Å²) in [5, 5.41) is -2.14. The summed E-state index contributed by atoms with van der Waals surface area (Å²) in [5.74, 6) is 0.277. The van der Waals surface area contributed by atoms with Crippen molar-refractivity contribution in [3.63, 3.8) is 0 Å². The Balaban J connectivity index is 2.77. The van der Waals surface area contributed by atoms with Crippen molar-refractivity contribution in [2.75, 3.05) is 6.61 Å². The maximum atomic E-state index is 10.9. The maximum Gasteiger partial charge on any atom is 0.344 e. The van der Waals surface area contributed by atoms with Gasteiger partial charge in [-0.25, -0.2) is 0 Å². The highest BCUT2D eigenvalue weighted by Gasteiger charge is 2.44. The quantitative estimate of drug-likeness (QED) is 0.587. The lowest BCUT2D eigenvalue weighted by molar-refractivity contribution is 0.280. The first kappa shape index (κ1) is 14.4. The molecular weight excluding hydrogens is 270 g/mol. The fourth-order valence-electron chi connectivity index (χ4n) is 1.08. The summed E-state index contributed by atoms with van der Waals surface area (Å²) < 4.78 is 26.8. The third-order valence-electron chi connectivity index (χ3n) is 1.92. The summed E-state index contributed by atoms with van der Waals surface area (Å²) in [4.78, 5) is 35.3. The highest BCUT2D eigenvalue weighted by atomic mass is 31.2. The van der Waals surface area contributed by atoms with Gasteiger partial charge in [0.1, 0.15) is 12.4 Å². The van der Waals surface area contributed by atoms with Gasteiger partial charge in [-0.05, 0) is 12.1 Å². The summed E-state index contributed by atoms with van der Waals surface area (Å²) in [7, 11) is -9.84. The molecule has 0 amide bonds. The molecule has 0 fully saturated rings. The second-order valence-electron chi connectivity index (χ2n) is 3.28. The van der Waals surface area contributed by atoms with Gasteiger partial charge in [0.2, 0.25) is 0 Å². The summed E-state index contributed by atoms with van der Waals surface area (Å²) in [6, 6.07) is 7.97. The SMILES string of the molecule is O=P(O)(O)C(COc1ccccc1)P(=O)(O)O. The zero-order valence-electron chi connectivity index (χ0n) is 8.58. The molecule has 17 heavy (non-hydrogen) atoms. The Morgan fingerprint density at radius 1 is 1.00 bits per heavy atom. The zero-order valence-corrected chi connectivity index (χ0v) is 10.4. The van der Waals surface area contributed by atoms with Crippen LogP contribution in [0, 0.1) is 0 Å². The minimum atomic E-state index is -4.92. The molecule has 1 aromatic carbocycles. The van der Waals surface area contributed by atoms with Crippen LogP contribution in [0.5, 0.6) is 5.75 Å². The molecule has 0 aliphatic heterocycles. The van der Waals surface area contributed by atoms with E-state index in [-0.39, 0.29) is 5.75 Å². The molecule has 0 unspecified atom stereocenters. The molecule has 0 atom stereocenters. The van der Waals surface area contributed by atoms with Crippen LogP contribution in [0.4, 0.5) is 0 Å². The number of para-hydroxylation sites is 1. The lowest BCUT2D eigenvalue weighted by atomic mass is 10.3. The van der Waals surface area contributed by atoms with Crippen LogP contribution in [0.15, 0.2) is 30.3 Å². The lowest BCUT2D eigenvalue weighted by Crippen LogP contribution is -2.18. The summed E-state index contributed by atoms with van der Waals surface area (Å²) in [6.07, 6.45) is 0. The number of ether oxygens (including phenoxy) is 1. The summed E-state index contributed by atoms with van der Waals surface area (Å²) in [5.41, 5.74) is 0. The van der Waals surface area contributed by atoms with Crippen molar-refractivity contribution in [2.24, 2.45) is 0 Å². The van der Waals surface area contributed by atoms with E-state index in [1.165, 1.54) is 12.1 Å². The third kappa shape index (κ3) is 4.60. The number of rotatable bonds is 5. The smallest absolute Gasteiger partial charge is 0.344 e. The van der Waals surface area contributed by atoms with E-state index < -0.39 is 27.2 Å². The van der Waals surface area contributed by atoms with E-state index in [4.69, 9.17) is 24.3 Å². The van der Waals surface area contributed by atoms with Crippen LogP contribution < -0.4 is 4.74 Å². The van der Waals surface area contributed by atoms with Crippen LogP contribution in [0.25, 0.3) is 0 Å². The first-order valence-corrected chi connectivity index (χ1v) is 7.86. The predicted octanol–water partition coefficient (Wildman–Crippen LogP) is 0.747. The molecule has 0 spiro atoms. The average molecular weight is 282 g/mol. The fourth-order valence-corrected chi connectivity index (χ4v) is 3.18. The predicted molar refractivity (Wildman–Crippen MR) is 59.8 cm³/mol. The Labute approximate surface area is 97.4 Å². The van der Waals surface area contributed by atoms with Gasteiger partial charge in [0, 0.05) is 0 Å². The second kappa shape index (κ2) is 5.31. The molecule has 0 radical (unpaired) electrons. The molecule has 0 saturated carbocycles. The van der Waals surface area contributed by atoms with Gasteiger partial charge in [0.15, 0.2) is 5.40 Å². The van der Waals surface area contributed by atoms with Gasteiger partial charge < -0.3 is 24.3 Å². The van der Waals surface area contributed by atoms with Crippen LogP contribution in [-0.4, -0.2) is 31.6 Å². The van der Waals surface area contributed by atoms with Gasteiger partial charge in [0.25, 0.3) is 0 Å². The summed E-state index contributed by atoms with van der Waals surface area (Å²) >= 11 is 0. The number of hydrogen-bond donors (Lipinski definition) is 4. The van der Waals surface area contributed by atoms with Crippen molar-refractivity contribution in [1.82, 2.24) is 0 Å². The Morgan fingerprint density at radius 2 is 1.47 bits per heavy atom. The second-order valence-corrected chi connectivity index (χ2v) is 7.29. The molecule has 7 nitrogen and oxygen atoms in total. The van der Waals surface area contributed by atoms with Gasteiger partial charge >= 0.3 is 15.2 Å². The van der Waals surface area contributed by atoms with E-state index in [9.17, 15) is 9.13 Å². The Hall–Kier alpha value is -0.680. The highest BCUT2D eigenvalue weighted by molar-refractivity contribution is 7.70. The minimum Gasteiger partial charge on any atom is -0.492 e. The van der Waals surface area contributed by atoms with Crippen LogP contribution in [0.1, 0.15) is 0 Å². The highest BCUT2D eigenvalue weighted by Crippen LogP contribution is 2.59. The van der Waals surface area contributed by atoms with Crippen LogP contribution >= 0.6 is 15.2 Å². The number of hydrogen-bond acceptors (Lipinski definition) is 3. The minimum absolute atomic E-state index is 0.277. The molecule has 1 aromatic rings. The van der Waals surface area contributed by atoms with Gasteiger partial charge in [-0.15, -0.1) is 0 Å². The van der Waals surface area contributed by atoms with Crippen molar-refractivity contribution >= 4 is 15.2 Å². The first-order valence-electron chi connectivity index (χ1n) is 4.49. The molecule has 0 aliphatic carbocycles. The molecule has 1 rings (SSSR count). The molecule has 4 N–H and O–H groups in total.